The van der Waals surface area contributed by atoms with Crippen molar-refractivity contribution >= 4 is 17.9 Å². The van der Waals surface area contributed by atoms with Gasteiger partial charge in [-0.1, -0.05) is 36.8 Å². The van der Waals surface area contributed by atoms with Crippen LogP contribution in [0.15, 0.2) is 30.3 Å². The maximum Gasteiger partial charge on any atom is 0.321 e. The lowest BCUT2D eigenvalue weighted by atomic mass is 9.85. The maximum absolute atomic E-state index is 12.2. The van der Waals surface area contributed by atoms with Crippen LogP contribution in [-0.4, -0.2) is 24.5 Å². The van der Waals surface area contributed by atoms with Crippen LogP contribution >= 0.6 is 0 Å². The van der Waals surface area contributed by atoms with Crippen LogP contribution < -0.4 is 10.6 Å². The average Bonchev–Trinajstić information content (AvgIpc) is 2.44. The van der Waals surface area contributed by atoms with Crippen LogP contribution in [0.5, 0.6) is 0 Å². The third-order valence-corrected chi connectivity index (χ3v) is 3.59. The lowest BCUT2D eigenvalue weighted by Crippen LogP contribution is -2.43. The number of carbonyl (C=O) groups excluding carboxylic acids is 3. The molecule has 1 saturated carbocycles. The highest BCUT2D eigenvalue weighted by Crippen LogP contribution is 2.30. The zero-order chi connectivity index (χ0) is 15.9. The number of amides is 3. The Bertz CT molecular complexity index is 540. The van der Waals surface area contributed by atoms with Crippen LogP contribution in [0, 0.1) is 5.92 Å². The Morgan fingerprint density at radius 2 is 1.91 bits per heavy atom. The quantitative estimate of drug-likeness (QED) is 0.814. The van der Waals surface area contributed by atoms with Crippen LogP contribution in [0.3, 0.4) is 0 Å². The van der Waals surface area contributed by atoms with E-state index in [9.17, 15) is 14.4 Å². The second-order valence-corrected chi connectivity index (χ2v) is 5.20. The number of carbonyl (C=O) groups is 3. The molecule has 6 heteroatoms. The summed E-state index contributed by atoms with van der Waals surface area (Å²) in [6.45, 7) is 2.15. The van der Waals surface area contributed by atoms with E-state index in [0.29, 0.717) is 12.1 Å². The van der Waals surface area contributed by atoms with Crippen LogP contribution in [0.4, 0.5) is 4.79 Å². The molecule has 0 bridgehead atoms. The molecule has 2 N–H and O–H groups in total. The molecule has 2 rings (SSSR count). The highest BCUT2D eigenvalue weighted by atomic mass is 16.5. The molecule has 1 fully saturated rings. The van der Waals surface area contributed by atoms with Crippen molar-refractivity contribution in [3.63, 3.8) is 0 Å². The van der Waals surface area contributed by atoms with Gasteiger partial charge in [-0.2, -0.15) is 0 Å². The number of benzene rings is 1. The molecule has 0 radical (unpaired) electrons. The van der Waals surface area contributed by atoms with Crippen molar-refractivity contribution in [3.05, 3.63) is 35.9 Å². The van der Waals surface area contributed by atoms with E-state index in [2.05, 4.69) is 10.6 Å². The number of rotatable bonds is 5. The van der Waals surface area contributed by atoms with Gasteiger partial charge >= 0.3 is 12.0 Å². The summed E-state index contributed by atoms with van der Waals surface area (Å²) in [5, 5.41) is 4.66. The summed E-state index contributed by atoms with van der Waals surface area (Å²) in [4.78, 5) is 35.8. The molecule has 6 nitrogen and oxygen atoms in total. The van der Waals surface area contributed by atoms with Gasteiger partial charge in [0.05, 0.1) is 5.92 Å². The van der Waals surface area contributed by atoms with Crippen molar-refractivity contribution in [2.24, 2.45) is 5.92 Å². The second kappa shape index (κ2) is 7.59. The minimum atomic E-state index is -1.11. The predicted octanol–water partition coefficient (Wildman–Crippen LogP) is 1.92. The minimum absolute atomic E-state index is 0.136. The third kappa shape index (κ3) is 4.07. The summed E-state index contributed by atoms with van der Waals surface area (Å²) in [7, 11) is 0. The van der Waals surface area contributed by atoms with E-state index in [1.165, 1.54) is 0 Å². The standard InChI is InChI=1S/C16H20N2O4/c1-2-17-16(21)18-14(19)13(11-7-4-3-5-8-11)22-15(20)12-9-6-10-12/h3-5,7-8,12-13H,2,6,9-10H2,1H3,(H2,17,18,19,21)/t13-/m0/s1. The van der Waals surface area contributed by atoms with Crippen LogP contribution in [0.1, 0.15) is 37.9 Å². The fourth-order valence-corrected chi connectivity index (χ4v) is 2.14. The van der Waals surface area contributed by atoms with Gasteiger partial charge in [0, 0.05) is 12.1 Å². The highest BCUT2D eigenvalue weighted by Gasteiger charge is 2.32. The molecule has 1 aliphatic rings. The van der Waals surface area contributed by atoms with Crippen LogP contribution in [0.2, 0.25) is 0 Å². The van der Waals surface area contributed by atoms with Crippen molar-refractivity contribution in [2.45, 2.75) is 32.3 Å². The smallest absolute Gasteiger partial charge is 0.321 e. The molecule has 1 atom stereocenters. The van der Waals surface area contributed by atoms with E-state index in [1.54, 1.807) is 37.3 Å². The van der Waals surface area contributed by atoms with Gasteiger partial charge in [0.25, 0.3) is 5.91 Å². The highest BCUT2D eigenvalue weighted by molar-refractivity contribution is 5.97. The van der Waals surface area contributed by atoms with Gasteiger partial charge in [0.1, 0.15) is 0 Å². The lowest BCUT2D eigenvalue weighted by molar-refractivity contribution is -0.162. The molecule has 22 heavy (non-hydrogen) atoms. The minimum Gasteiger partial charge on any atom is -0.447 e. The molecular weight excluding hydrogens is 284 g/mol. The molecule has 0 aliphatic heterocycles. The Labute approximate surface area is 129 Å². The van der Waals surface area contributed by atoms with Gasteiger partial charge in [-0.3, -0.25) is 14.9 Å². The SMILES string of the molecule is CCNC(=O)NC(=O)[C@@H](OC(=O)C1CCC1)c1ccccc1. The maximum atomic E-state index is 12.2. The second-order valence-electron chi connectivity index (χ2n) is 5.20. The number of esters is 1. The molecule has 0 heterocycles. The molecule has 0 unspecified atom stereocenters. The van der Waals surface area contributed by atoms with Gasteiger partial charge in [-0.05, 0) is 19.8 Å². The molecule has 0 spiro atoms. The molecule has 1 aromatic rings. The van der Waals surface area contributed by atoms with Crippen molar-refractivity contribution < 1.29 is 19.1 Å². The van der Waals surface area contributed by atoms with Crippen molar-refractivity contribution in [3.8, 4) is 0 Å². The summed E-state index contributed by atoms with van der Waals surface area (Å²) in [5.74, 6) is -1.17. The monoisotopic (exact) mass is 304 g/mol. The lowest BCUT2D eigenvalue weighted by Gasteiger charge is -2.26. The first-order chi connectivity index (χ1) is 10.6. The fraction of sp³-hybridized carbons (Fsp3) is 0.438. The van der Waals surface area contributed by atoms with E-state index in [0.717, 1.165) is 19.3 Å². The van der Waals surface area contributed by atoms with Gasteiger partial charge in [0.15, 0.2) is 0 Å². The van der Waals surface area contributed by atoms with E-state index in [1.807, 2.05) is 0 Å². The first-order valence-electron chi connectivity index (χ1n) is 7.46. The molecule has 1 aliphatic carbocycles. The number of hydrogen-bond acceptors (Lipinski definition) is 4. The van der Waals surface area contributed by atoms with Crippen molar-refractivity contribution in [2.75, 3.05) is 6.54 Å². The van der Waals surface area contributed by atoms with E-state index >= 15 is 0 Å². The molecular formula is C16H20N2O4. The summed E-state index contributed by atoms with van der Waals surface area (Å²) in [5.41, 5.74) is 0.539. The Hall–Kier alpha value is -2.37. The first-order valence-corrected chi connectivity index (χ1v) is 7.46. The zero-order valence-electron chi connectivity index (χ0n) is 12.5. The molecule has 118 valence electrons. The van der Waals surface area contributed by atoms with Crippen molar-refractivity contribution in [1.82, 2.24) is 10.6 Å². The molecule has 1 aromatic carbocycles. The van der Waals surface area contributed by atoms with Gasteiger partial charge in [-0.25, -0.2) is 4.79 Å². The molecule has 0 aromatic heterocycles. The summed E-state index contributed by atoms with van der Waals surface area (Å²) >= 11 is 0. The summed E-state index contributed by atoms with van der Waals surface area (Å²) in [6.07, 6.45) is 1.47. The van der Waals surface area contributed by atoms with Gasteiger partial charge in [0.2, 0.25) is 6.10 Å². The first kappa shape index (κ1) is 16.0. The number of hydrogen-bond donors (Lipinski definition) is 2. The fourth-order valence-electron chi connectivity index (χ4n) is 2.14. The van der Waals surface area contributed by atoms with E-state index in [-0.39, 0.29) is 11.9 Å². The largest absolute Gasteiger partial charge is 0.447 e. The molecule has 3 amide bonds. The van der Waals surface area contributed by atoms with Crippen molar-refractivity contribution in [1.29, 1.82) is 0 Å². The normalized spacial score (nSPS) is 15.3. The van der Waals surface area contributed by atoms with Gasteiger partial charge < -0.3 is 10.1 Å². The number of ether oxygens (including phenoxy) is 1. The predicted molar refractivity (Wildman–Crippen MR) is 79.8 cm³/mol. The Balaban J connectivity index is 2.08. The Kier molecular flexibility index (Phi) is 5.52. The van der Waals surface area contributed by atoms with Crippen LogP contribution in [-0.2, 0) is 14.3 Å². The van der Waals surface area contributed by atoms with Crippen LogP contribution in [0.25, 0.3) is 0 Å². The number of imide groups is 1. The summed E-state index contributed by atoms with van der Waals surface area (Å²) < 4.78 is 5.35. The zero-order valence-corrected chi connectivity index (χ0v) is 12.5. The Morgan fingerprint density at radius 3 is 2.45 bits per heavy atom. The average molecular weight is 304 g/mol. The molecule has 0 saturated heterocycles. The number of urea groups is 1. The topological polar surface area (TPSA) is 84.5 Å². The summed E-state index contributed by atoms with van der Waals surface area (Å²) in [6, 6.07) is 8.08. The Morgan fingerprint density at radius 1 is 1.23 bits per heavy atom. The third-order valence-electron chi connectivity index (χ3n) is 3.59. The van der Waals surface area contributed by atoms with Gasteiger partial charge in [-0.15, -0.1) is 0 Å². The number of nitrogens with one attached hydrogen (secondary N) is 2. The van der Waals surface area contributed by atoms with E-state index in [4.69, 9.17) is 4.74 Å². The van der Waals surface area contributed by atoms with E-state index < -0.39 is 18.0 Å².